The highest BCUT2D eigenvalue weighted by molar-refractivity contribution is 6.35. The minimum atomic E-state index is -0.466. The van der Waals surface area contributed by atoms with Gasteiger partial charge in [-0.3, -0.25) is 14.4 Å². The zero-order valence-corrected chi connectivity index (χ0v) is 16.7. The predicted octanol–water partition coefficient (Wildman–Crippen LogP) is 2.58. The van der Waals surface area contributed by atoms with Crippen LogP contribution in [-0.2, 0) is 9.59 Å². The summed E-state index contributed by atoms with van der Waals surface area (Å²) >= 11 is 12.0. The fourth-order valence-corrected chi connectivity index (χ4v) is 4.41. The van der Waals surface area contributed by atoms with E-state index in [1.165, 1.54) is 0 Å². The molecule has 2 heterocycles. The highest BCUT2D eigenvalue weighted by Crippen LogP contribution is 2.27. The molecule has 1 aromatic rings. The van der Waals surface area contributed by atoms with E-state index in [4.69, 9.17) is 23.2 Å². The summed E-state index contributed by atoms with van der Waals surface area (Å²) in [6.45, 7) is 1.62. The second-order valence-electron chi connectivity index (χ2n) is 7.03. The van der Waals surface area contributed by atoms with Crippen LogP contribution in [0.5, 0.6) is 0 Å². The molecule has 1 N–H and O–H groups in total. The first-order valence-electron chi connectivity index (χ1n) is 9.18. The van der Waals surface area contributed by atoms with E-state index in [0.717, 1.165) is 6.42 Å². The molecule has 2 fully saturated rings. The number of likely N-dealkylation sites (tertiary alicyclic amines) is 2. The molecular formula is C19H23Cl2N3O3. The third kappa shape index (κ3) is 4.38. The summed E-state index contributed by atoms with van der Waals surface area (Å²) in [5, 5.41) is 3.45. The number of benzene rings is 1. The number of hydrogen-bond acceptors (Lipinski definition) is 3. The van der Waals surface area contributed by atoms with Gasteiger partial charge in [-0.25, -0.2) is 0 Å². The van der Waals surface area contributed by atoms with Gasteiger partial charge in [-0.1, -0.05) is 23.2 Å². The first kappa shape index (κ1) is 20.0. The largest absolute Gasteiger partial charge is 0.359 e. The van der Waals surface area contributed by atoms with Crippen molar-refractivity contribution in [2.45, 2.75) is 31.7 Å². The Morgan fingerprint density at radius 2 is 1.63 bits per heavy atom. The number of rotatable bonds is 3. The van der Waals surface area contributed by atoms with Crippen molar-refractivity contribution in [2.75, 3.05) is 26.7 Å². The van der Waals surface area contributed by atoms with Gasteiger partial charge in [0.15, 0.2) is 0 Å². The van der Waals surface area contributed by atoms with E-state index in [-0.39, 0.29) is 23.6 Å². The Balaban J connectivity index is 1.68. The molecule has 3 rings (SSSR count). The van der Waals surface area contributed by atoms with Crippen LogP contribution >= 0.6 is 23.2 Å². The van der Waals surface area contributed by atoms with Gasteiger partial charge in [0.2, 0.25) is 11.8 Å². The van der Waals surface area contributed by atoms with Gasteiger partial charge in [-0.2, -0.15) is 0 Å². The Kier molecular flexibility index (Phi) is 6.27. The lowest BCUT2D eigenvalue weighted by atomic mass is 9.95. The first-order valence-corrected chi connectivity index (χ1v) is 9.93. The second-order valence-corrected chi connectivity index (χ2v) is 7.90. The molecule has 0 saturated carbocycles. The highest BCUT2D eigenvalue weighted by atomic mass is 35.5. The molecule has 0 aliphatic carbocycles. The number of carbonyl (C=O) groups excluding carboxylic acids is 3. The molecule has 0 radical (unpaired) electrons. The molecule has 2 aliphatic rings. The van der Waals surface area contributed by atoms with Crippen molar-refractivity contribution in [3.63, 3.8) is 0 Å². The van der Waals surface area contributed by atoms with Gasteiger partial charge < -0.3 is 15.1 Å². The Morgan fingerprint density at radius 1 is 1.00 bits per heavy atom. The molecule has 0 aromatic heterocycles. The van der Waals surface area contributed by atoms with Crippen molar-refractivity contribution in [3.8, 4) is 0 Å². The Morgan fingerprint density at radius 3 is 2.22 bits per heavy atom. The van der Waals surface area contributed by atoms with Crippen LogP contribution in [0.25, 0.3) is 0 Å². The standard InChI is InChI=1S/C19H23Cl2N3O3/c1-22-17(25)12-4-7-23(8-5-12)19(27)16-3-2-6-24(16)18(26)13-9-14(20)11-15(21)10-13/h9-12,16H,2-8H2,1H3,(H,22,25). The predicted molar refractivity (Wildman–Crippen MR) is 104 cm³/mol. The molecular weight excluding hydrogens is 389 g/mol. The Bertz CT molecular complexity index is 727. The molecule has 3 amide bonds. The quantitative estimate of drug-likeness (QED) is 0.830. The van der Waals surface area contributed by atoms with Crippen LogP contribution in [0.2, 0.25) is 10.0 Å². The van der Waals surface area contributed by atoms with E-state index >= 15 is 0 Å². The molecule has 0 bridgehead atoms. The summed E-state index contributed by atoms with van der Waals surface area (Å²) in [6, 6.07) is 4.25. The third-order valence-electron chi connectivity index (χ3n) is 5.33. The first-order chi connectivity index (χ1) is 12.9. The van der Waals surface area contributed by atoms with Crippen LogP contribution in [0.4, 0.5) is 0 Å². The molecule has 1 atom stereocenters. The lowest BCUT2D eigenvalue weighted by Crippen LogP contribution is -2.51. The van der Waals surface area contributed by atoms with E-state index in [1.54, 1.807) is 35.0 Å². The lowest BCUT2D eigenvalue weighted by Gasteiger charge is -2.35. The minimum absolute atomic E-state index is 0.0256. The SMILES string of the molecule is CNC(=O)C1CCN(C(=O)C2CCCN2C(=O)c2cc(Cl)cc(Cl)c2)CC1. The Hall–Kier alpha value is -1.79. The number of carbonyl (C=O) groups is 3. The Labute approximate surface area is 168 Å². The average molecular weight is 412 g/mol. The average Bonchev–Trinajstić information content (AvgIpc) is 3.15. The van der Waals surface area contributed by atoms with Crippen molar-refractivity contribution in [3.05, 3.63) is 33.8 Å². The molecule has 1 unspecified atom stereocenters. The molecule has 27 heavy (non-hydrogen) atoms. The van der Waals surface area contributed by atoms with Crippen LogP contribution in [0.3, 0.4) is 0 Å². The van der Waals surface area contributed by atoms with Crippen LogP contribution in [0.15, 0.2) is 18.2 Å². The third-order valence-corrected chi connectivity index (χ3v) is 5.77. The maximum atomic E-state index is 13.0. The molecule has 6 nitrogen and oxygen atoms in total. The minimum Gasteiger partial charge on any atom is -0.359 e. The van der Waals surface area contributed by atoms with Gasteiger partial charge in [0.1, 0.15) is 6.04 Å². The van der Waals surface area contributed by atoms with E-state index in [1.807, 2.05) is 0 Å². The molecule has 0 spiro atoms. The van der Waals surface area contributed by atoms with E-state index in [2.05, 4.69) is 5.32 Å². The molecule has 8 heteroatoms. The van der Waals surface area contributed by atoms with Gasteiger partial charge in [0.05, 0.1) is 0 Å². The number of hydrogen-bond donors (Lipinski definition) is 1. The number of nitrogens with zero attached hydrogens (tertiary/aromatic N) is 2. The van der Waals surface area contributed by atoms with Crippen molar-refractivity contribution < 1.29 is 14.4 Å². The fraction of sp³-hybridized carbons (Fsp3) is 0.526. The lowest BCUT2D eigenvalue weighted by molar-refractivity contribution is -0.138. The van der Waals surface area contributed by atoms with Crippen molar-refractivity contribution in [2.24, 2.45) is 5.92 Å². The normalized spacial score (nSPS) is 20.6. The van der Waals surface area contributed by atoms with E-state index in [0.29, 0.717) is 54.5 Å². The summed E-state index contributed by atoms with van der Waals surface area (Å²) in [5.74, 6) is -0.286. The smallest absolute Gasteiger partial charge is 0.254 e. The van der Waals surface area contributed by atoms with Gasteiger partial charge >= 0.3 is 0 Å². The highest BCUT2D eigenvalue weighted by Gasteiger charge is 2.38. The number of halogens is 2. The summed E-state index contributed by atoms with van der Waals surface area (Å²) in [6.07, 6.45) is 2.73. The second kappa shape index (κ2) is 8.48. The van der Waals surface area contributed by atoms with Gasteiger partial charge in [0, 0.05) is 48.2 Å². The summed E-state index contributed by atoms with van der Waals surface area (Å²) in [4.78, 5) is 41.1. The zero-order valence-electron chi connectivity index (χ0n) is 15.2. The number of amides is 3. The monoisotopic (exact) mass is 411 g/mol. The van der Waals surface area contributed by atoms with Gasteiger partial charge in [-0.05, 0) is 43.9 Å². The van der Waals surface area contributed by atoms with Crippen LogP contribution in [0, 0.1) is 5.92 Å². The van der Waals surface area contributed by atoms with E-state index in [9.17, 15) is 14.4 Å². The van der Waals surface area contributed by atoms with Gasteiger partial charge in [0.25, 0.3) is 5.91 Å². The topological polar surface area (TPSA) is 69.7 Å². The van der Waals surface area contributed by atoms with Crippen molar-refractivity contribution in [1.82, 2.24) is 15.1 Å². The van der Waals surface area contributed by atoms with Crippen LogP contribution < -0.4 is 5.32 Å². The van der Waals surface area contributed by atoms with Crippen molar-refractivity contribution >= 4 is 40.9 Å². The summed E-state index contributed by atoms with van der Waals surface area (Å²) in [5.41, 5.74) is 0.394. The summed E-state index contributed by atoms with van der Waals surface area (Å²) < 4.78 is 0. The molecule has 2 aliphatic heterocycles. The number of piperidine rings is 1. The van der Waals surface area contributed by atoms with Crippen LogP contribution in [-0.4, -0.2) is 60.2 Å². The van der Waals surface area contributed by atoms with Gasteiger partial charge in [-0.15, -0.1) is 0 Å². The van der Waals surface area contributed by atoms with E-state index < -0.39 is 6.04 Å². The fourth-order valence-electron chi connectivity index (χ4n) is 3.89. The van der Waals surface area contributed by atoms with Crippen LogP contribution in [0.1, 0.15) is 36.0 Å². The maximum absolute atomic E-state index is 13.0. The summed E-state index contributed by atoms with van der Waals surface area (Å²) in [7, 11) is 1.63. The maximum Gasteiger partial charge on any atom is 0.254 e. The molecule has 1 aromatic carbocycles. The molecule has 146 valence electrons. The molecule has 2 saturated heterocycles. The number of nitrogens with one attached hydrogen (secondary N) is 1. The zero-order chi connectivity index (χ0) is 19.6. The van der Waals surface area contributed by atoms with Crippen molar-refractivity contribution in [1.29, 1.82) is 0 Å².